The molecule has 168 valence electrons. The van der Waals surface area contributed by atoms with Crippen LogP contribution < -0.4 is 5.23 Å². The number of ether oxygens (including phenoxy) is 2. The summed E-state index contributed by atoms with van der Waals surface area (Å²) in [4.78, 5) is 25.3. The average molecular weight is 433 g/mol. The number of cyclic esters (lactones) is 1. The Morgan fingerprint density at radius 2 is 1.97 bits per heavy atom. The molecule has 0 amide bonds. The van der Waals surface area contributed by atoms with Crippen molar-refractivity contribution in [1.82, 2.24) is 0 Å². The van der Waals surface area contributed by atoms with Crippen molar-refractivity contribution in [3.8, 4) is 0 Å². The molecule has 6 atom stereocenters. The van der Waals surface area contributed by atoms with Crippen molar-refractivity contribution >= 4 is 17.6 Å². The number of nitrogens with one attached hydrogen (secondary N) is 1. The fourth-order valence-corrected chi connectivity index (χ4v) is 5.82. The maximum atomic E-state index is 12.9. The second-order valence-corrected chi connectivity index (χ2v) is 9.33. The Morgan fingerprint density at radius 3 is 2.58 bits per heavy atom. The Bertz CT molecular complexity index is 928. The van der Waals surface area contributed by atoms with Crippen molar-refractivity contribution in [2.45, 2.75) is 44.8 Å². The molecule has 1 saturated heterocycles. The number of rotatable bonds is 4. The van der Waals surface area contributed by atoms with Gasteiger partial charge >= 0.3 is 11.9 Å². The zero-order chi connectivity index (χ0) is 22.6. The summed E-state index contributed by atoms with van der Waals surface area (Å²) in [6.07, 6.45) is 2.60. The number of esters is 2. The molecule has 9 nitrogen and oxygen atoms in total. The Balaban J connectivity index is 1.73. The Morgan fingerprint density at radius 1 is 1.29 bits per heavy atom. The number of aliphatic hydroxyl groups is 2. The lowest BCUT2D eigenvalue weighted by Crippen LogP contribution is -2.99. The van der Waals surface area contributed by atoms with E-state index < -0.39 is 45.6 Å². The van der Waals surface area contributed by atoms with E-state index in [1.165, 1.54) is 30.3 Å². The van der Waals surface area contributed by atoms with Gasteiger partial charge in [-0.05, 0) is 36.5 Å². The minimum atomic E-state index is -1.52. The van der Waals surface area contributed by atoms with Crippen LogP contribution in [-0.2, 0) is 14.3 Å². The van der Waals surface area contributed by atoms with Crippen LogP contribution in [0.2, 0.25) is 0 Å². The topological polar surface area (TPSA) is 141 Å². The average Bonchev–Trinajstić information content (AvgIpc) is 3.04. The van der Waals surface area contributed by atoms with Crippen LogP contribution in [0.25, 0.3) is 0 Å². The van der Waals surface area contributed by atoms with Crippen molar-refractivity contribution in [2.75, 3.05) is 13.2 Å². The third kappa shape index (κ3) is 3.19. The summed E-state index contributed by atoms with van der Waals surface area (Å²) in [6.45, 7) is 3.44. The largest absolute Gasteiger partial charge is 0.595 e. The molecule has 9 heteroatoms. The third-order valence-electron chi connectivity index (χ3n) is 7.54. The fourth-order valence-electron chi connectivity index (χ4n) is 5.82. The van der Waals surface area contributed by atoms with Crippen LogP contribution in [0.1, 0.15) is 43.5 Å². The van der Waals surface area contributed by atoms with Crippen molar-refractivity contribution < 1.29 is 39.7 Å². The van der Waals surface area contributed by atoms with E-state index >= 15 is 0 Å². The molecule has 6 unspecified atom stereocenters. The normalized spacial score (nSPS) is 37.9. The molecule has 2 aliphatic carbocycles. The number of fused-ring (bicyclic) bond motifs is 3. The lowest BCUT2D eigenvalue weighted by molar-refractivity contribution is -0.991. The number of quaternary nitrogens is 1. The van der Waals surface area contributed by atoms with Gasteiger partial charge in [-0.1, -0.05) is 20.3 Å². The Labute approximate surface area is 179 Å². The first kappa shape index (κ1) is 21.9. The molecule has 1 saturated carbocycles. The molecular formula is C22H27NO8. The van der Waals surface area contributed by atoms with Crippen molar-refractivity contribution in [2.24, 2.45) is 16.7 Å². The van der Waals surface area contributed by atoms with E-state index in [0.29, 0.717) is 12.8 Å². The van der Waals surface area contributed by atoms with Gasteiger partial charge in [-0.3, -0.25) is 0 Å². The molecule has 4 N–H and O–H groups in total. The van der Waals surface area contributed by atoms with Crippen molar-refractivity contribution in [1.29, 1.82) is 0 Å². The van der Waals surface area contributed by atoms with E-state index in [9.17, 15) is 25.0 Å². The predicted molar refractivity (Wildman–Crippen MR) is 106 cm³/mol. The first-order chi connectivity index (χ1) is 14.6. The summed E-state index contributed by atoms with van der Waals surface area (Å²) in [7, 11) is 0. The van der Waals surface area contributed by atoms with Gasteiger partial charge in [-0.25, -0.2) is 14.8 Å². The summed E-state index contributed by atoms with van der Waals surface area (Å²) in [5.74, 6) is -1.77. The molecule has 1 aromatic rings. The third-order valence-corrected chi connectivity index (χ3v) is 7.54. The Kier molecular flexibility index (Phi) is 5.22. The first-order valence-electron chi connectivity index (χ1n) is 10.3. The molecule has 4 rings (SSSR count). The highest BCUT2D eigenvalue weighted by molar-refractivity contribution is 5.94. The Hall–Kier alpha value is -2.30. The van der Waals surface area contributed by atoms with Gasteiger partial charge in [0.1, 0.15) is 18.3 Å². The summed E-state index contributed by atoms with van der Waals surface area (Å²) < 4.78 is 11.0. The summed E-state index contributed by atoms with van der Waals surface area (Å²) >= 11 is 0. The minimum Gasteiger partial charge on any atom is -0.595 e. The van der Waals surface area contributed by atoms with Crippen LogP contribution in [0.3, 0.4) is 0 Å². The van der Waals surface area contributed by atoms with Gasteiger partial charge in [0, 0.05) is 30.1 Å². The van der Waals surface area contributed by atoms with Gasteiger partial charge in [0.2, 0.25) is 0 Å². The monoisotopic (exact) mass is 433 g/mol. The lowest BCUT2D eigenvalue weighted by Gasteiger charge is -2.60. The first-order valence-corrected chi connectivity index (χ1v) is 10.3. The van der Waals surface area contributed by atoms with Crippen LogP contribution in [0, 0.1) is 22.0 Å². The highest BCUT2D eigenvalue weighted by atomic mass is 16.8. The maximum Gasteiger partial charge on any atom is 0.338 e. The van der Waals surface area contributed by atoms with Gasteiger partial charge in [-0.2, -0.15) is 5.23 Å². The summed E-state index contributed by atoms with van der Waals surface area (Å²) in [5, 5.41) is 40.7. The van der Waals surface area contributed by atoms with E-state index in [4.69, 9.17) is 14.7 Å². The number of hydrogen-bond acceptors (Lipinski definition) is 8. The summed E-state index contributed by atoms with van der Waals surface area (Å²) in [6, 6.07) is 5.36. The smallest absolute Gasteiger partial charge is 0.338 e. The van der Waals surface area contributed by atoms with Gasteiger partial charge < -0.3 is 24.9 Å². The molecule has 31 heavy (non-hydrogen) atoms. The molecule has 3 aliphatic rings. The van der Waals surface area contributed by atoms with Crippen LogP contribution in [0.4, 0.5) is 5.69 Å². The number of benzene rings is 1. The molecule has 0 spiro atoms. The summed E-state index contributed by atoms with van der Waals surface area (Å²) in [5.41, 5.74) is -2.71. The second-order valence-electron chi connectivity index (χ2n) is 9.33. The van der Waals surface area contributed by atoms with Gasteiger partial charge in [0.25, 0.3) is 0 Å². The van der Waals surface area contributed by atoms with Crippen LogP contribution in [0.15, 0.2) is 35.9 Å². The molecule has 0 radical (unpaired) electrons. The molecule has 1 aromatic carbocycles. The number of hydrogen-bond donors (Lipinski definition) is 4. The fraction of sp³-hybridized carbons (Fsp3) is 0.545. The molecule has 1 aliphatic heterocycles. The standard InChI is InChI=1S/C22H27NO8/c1-20(11-24)8-3-9-21(2)17(20)16(10-15-19(26)30-12-22(15,21)27)31-18(25)13-4-6-14(7-5-13)23(28)29/h4-7,10,16-17,23-24,27-28H,3,8-9,11-12H2,1-2H3. The lowest BCUT2D eigenvalue weighted by atomic mass is 9.46. The van der Waals surface area contributed by atoms with Crippen LogP contribution in [-0.4, -0.2) is 52.3 Å². The van der Waals surface area contributed by atoms with Crippen molar-refractivity contribution in [3.63, 3.8) is 0 Å². The van der Waals surface area contributed by atoms with Crippen molar-refractivity contribution in [3.05, 3.63) is 46.7 Å². The van der Waals surface area contributed by atoms with E-state index in [0.717, 1.165) is 6.42 Å². The number of carbonyl (C=O) groups is 2. The van der Waals surface area contributed by atoms with E-state index in [1.54, 1.807) is 0 Å². The minimum absolute atomic E-state index is 0.0443. The quantitative estimate of drug-likeness (QED) is 0.401. The zero-order valence-corrected chi connectivity index (χ0v) is 17.5. The van der Waals surface area contributed by atoms with Gasteiger partial charge in [-0.15, -0.1) is 0 Å². The van der Waals surface area contributed by atoms with E-state index in [2.05, 4.69) is 0 Å². The highest BCUT2D eigenvalue weighted by Gasteiger charge is 2.68. The number of carbonyl (C=O) groups excluding carboxylic acids is 2. The highest BCUT2D eigenvalue weighted by Crippen LogP contribution is 2.63. The van der Waals surface area contributed by atoms with Crippen LogP contribution in [0.5, 0.6) is 0 Å². The zero-order valence-electron chi connectivity index (χ0n) is 17.5. The van der Waals surface area contributed by atoms with Crippen LogP contribution >= 0.6 is 0 Å². The van der Waals surface area contributed by atoms with Gasteiger partial charge in [0.05, 0.1) is 11.1 Å². The number of aliphatic hydroxyl groups excluding tert-OH is 1. The van der Waals surface area contributed by atoms with E-state index in [-0.39, 0.29) is 30.0 Å². The second kappa shape index (κ2) is 7.39. The molecule has 2 fully saturated rings. The SMILES string of the molecule is CC1(CO)CCCC2(C)C1C(OC(=O)c1ccc([NH+]([O-])O)cc1)C=C1C(=O)OCC12O. The predicted octanol–water partition coefficient (Wildman–Crippen LogP) is 0.648. The molecule has 0 bridgehead atoms. The molecule has 0 aromatic heterocycles. The van der Waals surface area contributed by atoms with Gasteiger partial charge in [0.15, 0.2) is 5.69 Å². The molecule has 1 heterocycles. The van der Waals surface area contributed by atoms with E-state index in [1.807, 2.05) is 13.8 Å². The molecular weight excluding hydrogens is 406 g/mol. The maximum absolute atomic E-state index is 12.9.